The summed E-state index contributed by atoms with van der Waals surface area (Å²) in [5.74, 6) is -6.50. The number of phenolic OH excluding ortho intramolecular Hbond substituents is 1. The zero-order valence-electron chi connectivity index (χ0n) is 19.4. The summed E-state index contributed by atoms with van der Waals surface area (Å²) in [5, 5.41) is 10.2. The number of imide groups is 4. The van der Waals surface area contributed by atoms with Crippen LogP contribution < -0.4 is 10.5 Å². The maximum absolute atomic E-state index is 13.5. The average Bonchev–Trinajstić information content (AvgIpc) is 3.16. The van der Waals surface area contributed by atoms with Crippen molar-refractivity contribution in [3.05, 3.63) is 35.4 Å². The molecule has 1 saturated carbocycles. The number of carbonyl (C=O) groups excluding carboxylic acids is 5. The number of carbonyl (C=O) groups is 5. The predicted octanol–water partition coefficient (Wildman–Crippen LogP) is 1.86. The molecule has 1 aromatic rings. The van der Waals surface area contributed by atoms with Crippen LogP contribution in [0.4, 0.5) is 4.79 Å². The predicted molar refractivity (Wildman–Crippen MR) is 126 cm³/mol. The number of nitrogens with zero attached hydrogens (tertiary/aromatic N) is 2. The van der Waals surface area contributed by atoms with Gasteiger partial charge in [0.1, 0.15) is 0 Å². The molecule has 36 heavy (non-hydrogen) atoms. The van der Waals surface area contributed by atoms with Crippen molar-refractivity contribution in [2.75, 3.05) is 13.7 Å². The van der Waals surface area contributed by atoms with Gasteiger partial charge in [0.15, 0.2) is 21.2 Å². The summed E-state index contributed by atoms with van der Waals surface area (Å²) in [5.41, 5.74) is 6.30. The highest BCUT2D eigenvalue weighted by Crippen LogP contribution is 2.65. The number of hydrogen-bond donors (Lipinski definition) is 2. The van der Waals surface area contributed by atoms with Crippen LogP contribution in [0.25, 0.3) is 0 Å². The van der Waals surface area contributed by atoms with Crippen LogP contribution in [-0.4, -0.2) is 68.0 Å². The number of phenols is 1. The highest BCUT2D eigenvalue weighted by Gasteiger charge is 2.76. The normalized spacial score (nSPS) is 35.4. The average molecular weight is 536 g/mol. The quantitative estimate of drug-likeness (QED) is 0.341. The van der Waals surface area contributed by atoms with Crippen LogP contribution in [0.15, 0.2) is 29.8 Å². The second kappa shape index (κ2) is 7.94. The molecule has 2 aliphatic heterocycles. The lowest BCUT2D eigenvalue weighted by atomic mass is 9.56. The van der Waals surface area contributed by atoms with Crippen molar-refractivity contribution in [1.29, 1.82) is 0 Å². The Morgan fingerprint density at radius 3 is 2.50 bits per heavy atom. The lowest BCUT2D eigenvalue weighted by molar-refractivity contribution is -0.139. The van der Waals surface area contributed by atoms with Crippen LogP contribution in [0.5, 0.6) is 11.5 Å². The minimum absolute atomic E-state index is 0.109. The van der Waals surface area contributed by atoms with E-state index in [0.29, 0.717) is 16.0 Å². The topological polar surface area (TPSA) is 147 Å². The molecule has 0 unspecified atom stereocenters. The number of likely N-dealkylation sites (tertiary alicyclic amines) is 2. The number of allylic oxidation sites excluding steroid dienone is 2. The third-order valence-electron chi connectivity index (χ3n) is 7.85. The summed E-state index contributed by atoms with van der Waals surface area (Å²) in [7, 11) is 1.29. The van der Waals surface area contributed by atoms with E-state index >= 15 is 0 Å². The summed E-state index contributed by atoms with van der Waals surface area (Å²) in [6.45, 7) is 1.99. The van der Waals surface area contributed by atoms with Crippen LogP contribution in [0, 0.1) is 17.8 Å². The number of hydrogen-bond acceptors (Lipinski definition) is 7. The highest BCUT2D eigenvalue weighted by atomic mass is 35.5. The number of primary amides is 1. The van der Waals surface area contributed by atoms with Crippen LogP contribution in [0.3, 0.4) is 0 Å². The SMILES string of the molecule is CCOc1cc([C@H]2C3=CC[C@@H]4C(=O)N(C(N)=O)C(=O)[C@@H]4[C@@H]3C[C@@]3(Cl)C(=O)N(C)C(=O)[C@@]23Cl)ccc1O. The molecule has 12 heteroatoms. The highest BCUT2D eigenvalue weighted by molar-refractivity contribution is 6.53. The molecule has 3 fully saturated rings. The number of urea groups is 1. The van der Waals surface area contributed by atoms with E-state index in [1.165, 1.54) is 19.2 Å². The van der Waals surface area contributed by atoms with Crippen molar-refractivity contribution >= 4 is 52.9 Å². The Bertz CT molecular complexity index is 1280. The van der Waals surface area contributed by atoms with Crippen molar-refractivity contribution < 1.29 is 33.8 Å². The zero-order chi connectivity index (χ0) is 26.3. The molecule has 190 valence electrons. The van der Waals surface area contributed by atoms with Crippen molar-refractivity contribution in [1.82, 2.24) is 9.80 Å². The number of amides is 6. The Hall–Kier alpha value is -3.11. The number of ether oxygens (including phenoxy) is 1. The lowest BCUT2D eigenvalue weighted by Crippen LogP contribution is -2.60. The largest absolute Gasteiger partial charge is 0.504 e. The van der Waals surface area contributed by atoms with Gasteiger partial charge in [0.25, 0.3) is 11.8 Å². The molecule has 0 bridgehead atoms. The molecular formula is C24H23Cl2N3O7. The van der Waals surface area contributed by atoms with E-state index in [4.69, 9.17) is 33.7 Å². The summed E-state index contributed by atoms with van der Waals surface area (Å²) < 4.78 is 5.52. The molecule has 2 saturated heterocycles. The molecule has 3 N–H and O–H groups in total. The summed E-state index contributed by atoms with van der Waals surface area (Å²) >= 11 is 14.1. The Morgan fingerprint density at radius 1 is 1.17 bits per heavy atom. The molecule has 5 rings (SSSR count). The van der Waals surface area contributed by atoms with E-state index in [2.05, 4.69) is 0 Å². The lowest BCUT2D eigenvalue weighted by Gasteiger charge is -2.50. The van der Waals surface area contributed by atoms with E-state index < -0.39 is 63.1 Å². The van der Waals surface area contributed by atoms with Crippen molar-refractivity contribution in [3.63, 3.8) is 0 Å². The van der Waals surface area contributed by atoms with Crippen LogP contribution in [-0.2, 0) is 19.2 Å². The smallest absolute Gasteiger partial charge is 0.328 e. The molecular weight excluding hydrogens is 513 g/mol. The van der Waals surface area contributed by atoms with Gasteiger partial charge in [-0.15, -0.1) is 23.2 Å². The van der Waals surface area contributed by atoms with Gasteiger partial charge in [-0.1, -0.05) is 17.7 Å². The van der Waals surface area contributed by atoms with Gasteiger partial charge in [-0.3, -0.25) is 24.1 Å². The van der Waals surface area contributed by atoms with E-state index in [9.17, 15) is 29.1 Å². The first-order chi connectivity index (χ1) is 16.9. The Labute approximate surface area is 215 Å². The number of fused-ring (bicyclic) bond motifs is 4. The molecule has 2 aliphatic carbocycles. The van der Waals surface area contributed by atoms with Gasteiger partial charge in [0.05, 0.1) is 18.4 Å². The zero-order valence-corrected chi connectivity index (χ0v) is 20.9. The second-order valence-electron chi connectivity index (χ2n) is 9.51. The Balaban J connectivity index is 1.73. The summed E-state index contributed by atoms with van der Waals surface area (Å²) in [4.78, 5) is 62.2. The second-order valence-corrected chi connectivity index (χ2v) is 10.7. The Morgan fingerprint density at radius 2 is 1.86 bits per heavy atom. The van der Waals surface area contributed by atoms with Gasteiger partial charge in [-0.2, -0.15) is 4.90 Å². The minimum Gasteiger partial charge on any atom is -0.504 e. The standard InChI is InChI=1S/C24H23Cl2N3O7/c1-3-36-15-8-10(4-7-14(15)30)17-11-5-6-12-16(19(32)29(18(12)31)22(27)35)13(11)9-23(25)20(33)28(2)21(34)24(17,23)26/h4-5,7-8,12-13,16-17,30H,3,6,9H2,1-2H3,(H2,27,35)/t12-,13+,16-,17-,23+,24-/m0/s1. The maximum atomic E-state index is 13.5. The molecule has 2 heterocycles. The van der Waals surface area contributed by atoms with Crippen LogP contribution in [0.2, 0.25) is 0 Å². The van der Waals surface area contributed by atoms with Crippen molar-refractivity contribution in [2.24, 2.45) is 23.5 Å². The molecule has 1 aromatic carbocycles. The summed E-state index contributed by atoms with van der Waals surface area (Å²) in [6.07, 6.45) is 1.65. The molecule has 4 aliphatic rings. The van der Waals surface area contributed by atoms with Crippen LogP contribution in [0.1, 0.15) is 31.2 Å². The van der Waals surface area contributed by atoms with Crippen LogP contribution >= 0.6 is 23.2 Å². The maximum Gasteiger partial charge on any atom is 0.328 e. The molecule has 0 aromatic heterocycles. The summed E-state index contributed by atoms with van der Waals surface area (Å²) in [6, 6.07) is 3.28. The fraction of sp³-hybridized carbons (Fsp3) is 0.458. The third kappa shape index (κ3) is 2.88. The first kappa shape index (κ1) is 24.6. The van der Waals surface area contributed by atoms with Gasteiger partial charge in [0, 0.05) is 13.0 Å². The molecule has 10 nitrogen and oxygen atoms in total. The molecule has 6 atom stereocenters. The fourth-order valence-electron chi connectivity index (χ4n) is 6.32. The molecule has 0 radical (unpaired) electrons. The number of benzene rings is 1. The van der Waals surface area contributed by atoms with E-state index in [-0.39, 0.29) is 30.9 Å². The van der Waals surface area contributed by atoms with E-state index in [1.54, 1.807) is 19.1 Å². The monoisotopic (exact) mass is 535 g/mol. The van der Waals surface area contributed by atoms with Gasteiger partial charge in [0.2, 0.25) is 11.8 Å². The van der Waals surface area contributed by atoms with E-state index in [1.807, 2.05) is 0 Å². The first-order valence-corrected chi connectivity index (χ1v) is 12.2. The number of aromatic hydroxyl groups is 1. The van der Waals surface area contributed by atoms with Gasteiger partial charge < -0.3 is 15.6 Å². The van der Waals surface area contributed by atoms with Gasteiger partial charge in [-0.05, 0) is 43.4 Å². The number of rotatable bonds is 3. The molecule has 6 amide bonds. The first-order valence-electron chi connectivity index (χ1n) is 11.4. The number of nitrogens with two attached hydrogens (primary N) is 1. The fourth-order valence-corrected chi connectivity index (χ4v) is 7.34. The van der Waals surface area contributed by atoms with Gasteiger partial charge >= 0.3 is 6.03 Å². The van der Waals surface area contributed by atoms with Gasteiger partial charge in [-0.25, -0.2) is 4.79 Å². The van der Waals surface area contributed by atoms with Crippen molar-refractivity contribution in [3.8, 4) is 11.5 Å². The number of halogens is 2. The Kier molecular flexibility index (Phi) is 5.42. The minimum atomic E-state index is -1.95. The van der Waals surface area contributed by atoms with E-state index in [0.717, 1.165) is 4.90 Å². The number of alkyl halides is 2. The van der Waals surface area contributed by atoms with Crippen molar-refractivity contribution in [2.45, 2.75) is 35.4 Å². The molecule has 0 spiro atoms. The third-order valence-corrected chi connectivity index (χ3v) is 9.26.